The van der Waals surface area contributed by atoms with Gasteiger partial charge >= 0.3 is 5.97 Å². The Kier molecular flexibility index (Phi) is 2.55. The molecule has 0 aromatic carbocycles. The molecule has 4 rings (SSSR count). The topological polar surface area (TPSA) is 48.1 Å². The lowest BCUT2D eigenvalue weighted by atomic mass is 9.79. The Labute approximate surface area is 113 Å². The number of carbonyl (C=O) groups is 1. The van der Waals surface area contributed by atoms with Crippen LogP contribution in [-0.2, 0) is 19.0 Å². The summed E-state index contributed by atoms with van der Waals surface area (Å²) in [5.74, 6) is 2.66. The zero-order valence-corrected chi connectivity index (χ0v) is 11.2. The maximum absolute atomic E-state index is 11.3. The van der Waals surface area contributed by atoms with Crippen LogP contribution in [0.5, 0.6) is 0 Å². The van der Waals surface area contributed by atoms with Gasteiger partial charge in [-0.1, -0.05) is 6.58 Å². The molecule has 7 atom stereocenters. The van der Waals surface area contributed by atoms with Gasteiger partial charge in [-0.2, -0.15) is 0 Å². The number of hydrogen-bond acceptors (Lipinski definition) is 4. The van der Waals surface area contributed by atoms with Crippen molar-refractivity contribution in [3.63, 3.8) is 0 Å². The van der Waals surface area contributed by atoms with Crippen LogP contribution in [0.25, 0.3) is 0 Å². The second kappa shape index (κ2) is 4.06. The van der Waals surface area contributed by atoms with Gasteiger partial charge in [-0.25, -0.2) is 4.79 Å². The van der Waals surface area contributed by atoms with Crippen molar-refractivity contribution in [1.82, 2.24) is 0 Å². The molecule has 0 N–H and O–H groups in total. The molecule has 1 saturated heterocycles. The van der Waals surface area contributed by atoms with Gasteiger partial charge in [0.1, 0.15) is 0 Å². The van der Waals surface area contributed by atoms with E-state index in [1.807, 2.05) is 0 Å². The Morgan fingerprint density at radius 2 is 2.16 bits per heavy atom. The fraction of sp³-hybridized carbons (Fsp3) is 0.800. The summed E-state index contributed by atoms with van der Waals surface area (Å²) in [6.45, 7) is 5.26. The number of hydrogen-bond donors (Lipinski definition) is 0. The number of esters is 1. The first-order valence-corrected chi connectivity index (χ1v) is 7.25. The van der Waals surface area contributed by atoms with Crippen molar-refractivity contribution in [1.29, 1.82) is 0 Å². The van der Waals surface area contributed by atoms with E-state index in [2.05, 4.69) is 6.58 Å². The Morgan fingerprint density at radius 3 is 2.95 bits per heavy atom. The second-order valence-corrected chi connectivity index (χ2v) is 6.55. The highest BCUT2D eigenvalue weighted by atomic mass is 16.7. The first kappa shape index (κ1) is 11.9. The van der Waals surface area contributed by atoms with Crippen LogP contribution in [0.1, 0.15) is 26.2 Å². The van der Waals surface area contributed by atoms with Gasteiger partial charge in [0.2, 0.25) is 0 Å². The monoisotopic (exact) mass is 264 g/mol. The molecule has 4 heteroatoms. The predicted molar refractivity (Wildman–Crippen MR) is 67.1 cm³/mol. The van der Waals surface area contributed by atoms with Crippen LogP contribution in [0, 0.1) is 23.7 Å². The highest BCUT2D eigenvalue weighted by molar-refractivity contribution is 5.86. The summed E-state index contributed by atoms with van der Waals surface area (Å²) in [7, 11) is 0. The van der Waals surface area contributed by atoms with E-state index in [1.54, 1.807) is 6.92 Å². The third-order valence-electron chi connectivity index (χ3n) is 5.51. The minimum atomic E-state index is -0.368. The van der Waals surface area contributed by atoms with Gasteiger partial charge in [-0.3, -0.25) is 0 Å². The predicted octanol–water partition coefficient (Wildman–Crippen LogP) is 1.89. The number of epoxide rings is 1. The molecule has 7 unspecified atom stereocenters. The second-order valence-electron chi connectivity index (χ2n) is 6.55. The van der Waals surface area contributed by atoms with Gasteiger partial charge < -0.3 is 14.2 Å². The van der Waals surface area contributed by atoms with Gasteiger partial charge in [0.15, 0.2) is 6.79 Å². The van der Waals surface area contributed by atoms with E-state index >= 15 is 0 Å². The molecule has 0 spiro atoms. The molecular formula is C15H20O4. The normalized spacial score (nSPS) is 48.8. The quantitative estimate of drug-likeness (QED) is 0.337. The molecule has 0 aromatic heterocycles. The maximum atomic E-state index is 11.3. The van der Waals surface area contributed by atoms with E-state index in [-0.39, 0.29) is 18.9 Å². The molecule has 3 saturated carbocycles. The fourth-order valence-corrected chi connectivity index (χ4v) is 4.74. The third kappa shape index (κ3) is 1.77. The first-order valence-electron chi connectivity index (χ1n) is 7.25. The molecule has 0 amide bonds. The molecule has 104 valence electrons. The molecular weight excluding hydrogens is 244 g/mol. The summed E-state index contributed by atoms with van der Waals surface area (Å²) in [6, 6.07) is 0. The van der Waals surface area contributed by atoms with Crippen molar-refractivity contribution in [3.8, 4) is 0 Å². The molecule has 1 heterocycles. The smallest absolute Gasteiger partial charge is 0.335 e. The number of carbonyl (C=O) groups excluding carboxylic acids is 1. The molecule has 2 bridgehead atoms. The summed E-state index contributed by atoms with van der Waals surface area (Å²) in [6.07, 6.45) is 5.02. The Morgan fingerprint density at radius 1 is 1.32 bits per heavy atom. The van der Waals surface area contributed by atoms with Crippen LogP contribution < -0.4 is 0 Å². The average molecular weight is 264 g/mol. The average Bonchev–Trinajstić information content (AvgIpc) is 2.75. The van der Waals surface area contributed by atoms with E-state index in [1.165, 1.54) is 12.8 Å². The zero-order valence-electron chi connectivity index (χ0n) is 11.2. The van der Waals surface area contributed by atoms with Crippen LogP contribution in [0.15, 0.2) is 12.2 Å². The van der Waals surface area contributed by atoms with Crippen molar-refractivity contribution in [2.24, 2.45) is 23.7 Å². The van der Waals surface area contributed by atoms with Gasteiger partial charge in [0.05, 0.1) is 18.3 Å². The van der Waals surface area contributed by atoms with Crippen molar-refractivity contribution >= 4 is 5.97 Å². The van der Waals surface area contributed by atoms with Crippen molar-refractivity contribution in [2.75, 3.05) is 6.79 Å². The Bertz CT molecular complexity index is 432. The number of fused-ring (bicyclic) bond motifs is 7. The highest BCUT2D eigenvalue weighted by Gasteiger charge is 2.66. The molecule has 3 aliphatic carbocycles. The van der Waals surface area contributed by atoms with Crippen molar-refractivity contribution < 1.29 is 19.0 Å². The summed E-state index contributed by atoms with van der Waals surface area (Å²) in [4.78, 5) is 11.3. The van der Waals surface area contributed by atoms with Crippen LogP contribution in [0.3, 0.4) is 0 Å². The molecule has 19 heavy (non-hydrogen) atoms. The van der Waals surface area contributed by atoms with Gasteiger partial charge in [-0.05, 0) is 49.9 Å². The largest absolute Gasteiger partial charge is 0.435 e. The summed E-state index contributed by atoms with van der Waals surface area (Å²) in [5.41, 5.74) is 0.418. The van der Waals surface area contributed by atoms with E-state index in [9.17, 15) is 4.79 Å². The maximum Gasteiger partial charge on any atom is 0.335 e. The van der Waals surface area contributed by atoms with Crippen molar-refractivity contribution in [2.45, 2.75) is 44.5 Å². The third-order valence-corrected chi connectivity index (χ3v) is 5.51. The van der Waals surface area contributed by atoms with Crippen LogP contribution >= 0.6 is 0 Å². The van der Waals surface area contributed by atoms with Gasteiger partial charge in [-0.15, -0.1) is 0 Å². The summed E-state index contributed by atoms with van der Waals surface area (Å²) >= 11 is 0. The fourth-order valence-electron chi connectivity index (χ4n) is 4.74. The standard InChI is InChI=1S/C15H20O4/c1-7(2)15(16)18-6-17-11-4-8-3-10(11)13-9(8)5-12-14(13)19-12/h8-14H,1,3-6H2,2H3. The van der Waals surface area contributed by atoms with Crippen LogP contribution in [0.4, 0.5) is 0 Å². The molecule has 4 nitrogen and oxygen atoms in total. The number of rotatable bonds is 4. The lowest BCUT2D eigenvalue weighted by molar-refractivity contribution is -0.160. The minimum absolute atomic E-state index is 0.0614. The Balaban J connectivity index is 1.32. The van der Waals surface area contributed by atoms with E-state index in [0.29, 0.717) is 29.6 Å². The Hall–Kier alpha value is -0.870. The first-order chi connectivity index (χ1) is 9.15. The van der Waals surface area contributed by atoms with Gasteiger partial charge in [0, 0.05) is 5.57 Å². The van der Waals surface area contributed by atoms with E-state index in [0.717, 1.165) is 18.3 Å². The summed E-state index contributed by atoms with van der Waals surface area (Å²) in [5, 5.41) is 0. The molecule has 4 fully saturated rings. The molecule has 4 aliphatic rings. The van der Waals surface area contributed by atoms with E-state index < -0.39 is 0 Å². The lowest BCUT2D eigenvalue weighted by Crippen LogP contribution is -2.34. The van der Waals surface area contributed by atoms with Crippen LogP contribution in [-0.4, -0.2) is 31.1 Å². The molecule has 0 aromatic rings. The van der Waals surface area contributed by atoms with Crippen LogP contribution in [0.2, 0.25) is 0 Å². The van der Waals surface area contributed by atoms with E-state index in [4.69, 9.17) is 14.2 Å². The molecule has 0 radical (unpaired) electrons. The zero-order chi connectivity index (χ0) is 13.1. The summed E-state index contributed by atoms with van der Waals surface area (Å²) < 4.78 is 16.5. The van der Waals surface area contributed by atoms with Gasteiger partial charge in [0.25, 0.3) is 0 Å². The minimum Gasteiger partial charge on any atom is -0.435 e. The van der Waals surface area contributed by atoms with Crippen molar-refractivity contribution in [3.05, 3.63) is 12.2 Å². The SMILES string of the molecule is C=C(C)C(=O)OCOC1CC2CC1C1C2CC2OC21. The molecule has 1 aliphatic heterocycles. The lowest BCUT2D eigenvalue weighted by Gasteiger charge is -2.32. The highest BCUT2D eigenvalue weighted by Crippen LogP contribution is 2.64. The number of ether oxygens (including phenoxy) is 3.